The van der Waals surface area contributed by atoms with E-state index < -0.39 is 0 Å². The van der Waals surface area contributed by atoms with E-state index in [1.165, 1.54) is 56.6 Å². The first-order chi connectivity index (χ1) is 12.3. The number of hydrogen-bond donors (Lipinski definition) is 0. The van der Waals surface area contributed by atoms with Crippen molar-refractivity contribution in [3.05, 3.63) is 83.9 Å². The Kier molecular flexibility index (Phi) is 4.28. The molecule has 25 heavy (non-hydrogen) atoms. The van der Waals surface area contributed by atoms with Crippen LogP contribution in [0.25, 0.3) is 32.7 Å². The second-order valence-corrected chi connectivity index (χ2v) is 6.87. The number of unbranched alkanes of at least 4 members (excludes halogenated alkanes) is 1. The number of hydrogen-bond acceptors (Lipinski definition) is 0. The van der Waals surface area contributed by atoms with E-state index in [2.05, 4.69) is 86.6 Å². The maximum absolute atomic E-state index is 2.29. The summed E-state index contributed by atoms with van der Waals surface area (Å²) in [6.07, 6.45) is 3.57. The summed E-state index contributed by atoms with van der Waals surface area (Å²) in [5, 5.41) is 5.58. The SMILES string of the molecule is CCCCc1c(-c2ccccc2)c2ccccc2c2cccc(C)c12. The second-order valence-electron chi connectivity index (χ2n) is 6.87. The highest BCUT2D eigenvalue weighted by atomic mass is 14.2. The summed E-state index contributed by atoms with van der Waals surface area (Å²) in [4.78, 5) is 0. The van der Waals surface area contributed by atoms with Gasteiger partial charge in [0.05, 0.1) is 0 Å². The zero-order chi connectivity index (χ0) is 17.2. The van der Waals surface area contributed by atoms with E-state index in [0.29, 0.717) is 0 Å². The number of rotatable bonds is 4. The van der Waals surface area contributed by atoms with Crippen molar-refractivity contribution in [1.29, 1.82) is 0 Å². The molecule has 0 unspecified atom stereocenters. The summed E-state index contributed by atoms with van der Waals surface area (Å²) >= 11 is 0. The van der Waals surface area contributed by atoms with Gasteiger partial charge in [-0.1, -0.05) is 86.1 Å². The van der Waals surface area contributed by atoms with E-state index >= 15 is 0 Å². The van der Waals surface area contributed by atoms with Gasteiger partial charge in [-0.15, -0.1) is 0 Å². The lowest BCUT2D eigenvalue weighted by Crippen LogP contribution is -1.97. The summed E-state index contributed by atoms with van der Waals surface area (Å²) in [5.74, 6) is 0. The average Bonchev–Trinajstić information content (AvgIpc) is 2.66. The molecule has 4 aromatic carbocycles. The van der Waals surface area contributed by atoms with Gasteiger partial charge in [-0.25, -0.2) is 0 Å². The van der Waals surface area contributed by atoms with Gasteiger partial charge in [0, 0.05) is 0 Å². The van der Waals surface area contributed by atoms with Crippen molar-refractivity contribution in [1.82, 2.24) is 0 Å². The highest BCUT2D eigenvalue weighted by Crippen LogP contribution is 2.40. The lowest BCUT2D eigenvalue weighted by Gasteiger charge is -2.19. The summed E-state index contributed by atoms with van der Waals surface area (Å²) in [7, 11) is 0. The molecule has 0 atom stereocenters. The van der Waals surface area contributed by atoms with E-state index in [9.17, 15) is 0 Å². The van der Waals surface area contributed by atoms with Crippen LogP contribution in [0.1, 0.15) is 30.9 Å². The van der Waals surface area contributed by atoms with Crippen molar-refractivity contribution in [3.63, 3.8) is 0 Å². The molecule has 0 saturated heterocycles. The molecule has 0 aliphatic carbocycles. The van der Waals surface area contributed by atoms with Gasteiger partial charge in [0.1, 0.15) is 0 Å². The molecule has 0 bridgehead atoms. The Labute approximate surface area is 150 Å². The lowest BCUT2D eigenvalue weighted by molar-refractivity contribution is 0.800. The summed E-state index contributed by atoms with van der Waals surface area (Å²) in [6, 6.07) is 26.5. The molecular weight excluding hydrogens is 300 g/mol. The quantitative estimate of drug-likeness (QED) is 0.345. The van der Waals surface area contributed by atoms with Crippen molar-refractivity contribution < 1.29 is 0 Å². The lowest BCUT2D eigenvalue weighted by atomic mass is 9.84. The third-order valence-corrected chi connectivity index (χ3v) is 5.21. The van der Waals surface area contributed by atoms with Crippen LogP contribution < -0.4 is 0 Å². The van der Waals surface area contributed by atoms with E-state index in [0.717, 1.165) is 6.42 Å². The van der Waals surface area contributed by atoms with Gasteiger partial charge < -0.3 is 0 Å². The summed E-state index contributed by atoms with van der Waals surface area (Å²) < 4.78 is 0. The molecule has 0 aliphatic heterocycles. The van der Waals surface area contributed by atoms with Crippen LogP contribution in [0, 0.1) is 6.92 Å². The molecule has 0 nitrogen and oxygen atoms in total. The van der Waals surface area contributed by atoms with Gasteiger partial charge in [-0.3, -0.25) is 0 Å². The van der Waals surface area contributed by atoms with Crippen LogP contribution in [0.5, 0.6) is 0 Å². The van der Waals surface area contributed by atoms with E-state index in [1.54, 1.807) is 0 Å². The standard InChI is InChI=1S/C25H24/c1-3-4-14-23-24-18(2)11-10-17-21(24)20-15-8-9-16-22(20)25(23)19-12-6-5-7-13-19/h5-13,15-17H,3-4,14H2,1-2H3. The van der Waals surface area contributed by atoms with E-state index in [1.807, 2.05) is 0 Å². The van der Waals surface area contributed by atoms with Crippen molar-refractivity contribution in [2.24, 2.45) is 0 Å². The molecule has 0 N–H and O–H groups in total. The maximum Gasteiger partial charge on any atom is -0.00668 e. The minimum Gasteiger partial charge on any atom is -0.0654 e. The second kappa shape index (κ2) is 6.72. The van der Waals surface area contributed by atoms with E-state index in [-0.39, 0.29) is 0 Å². The Morgan fingerprint density at radius 2 is 1.36 bits per heavy atom. The number of aryl methyl sites for hydroxylation is 2. The van der Waals surface area contributed by atoms with Gasteiger partial charge >= 0.3 is 0 Å². The largest absolute Gasteiger partial charge is 0.0654 e. The molecular formula is C25H24. The number of benzene rings is 4. The topological polar surface area (TPSA) is 0 Å². The molecule has 0 radical (unpaired) electrons. The fourth-order valence-corrected chi connectivity index (χ4v) is 4.05. The van der Waals surface area contributed by atoms with Crippen LogP contribution in [-0.2, 0) is 6.42 Å². The van der Waals surface area contributed by atoms with Crippen LogP contribution in [0.2, 0.25) is 0 Å². The molecule has 0 amide bonds. The summed E-state index contributed by atoms with van der Waals surface area (Å²) in [5.41, 5.74) is 5.65. The first-order valence-electron chi connectivity index (χ1n) is 9.29. The molecule has 0 saturated carbocycles. The third kappa shape index (κ3) is 2.72. The average molecular weight is 324 g/mol. The predicted molar refractivity (Wildman–Crippen MR) is 110 cm³/mol. The molecule has 0 fully saturated rings. The Morgan fingerprint density at radius 3 is 2.12 bits per heavy atom. The van der Waals surface area contributed by atoms with Crippen molar-refractivity contribution in [3.8, 4) is 11.1 Å². The van der Waals surface area contributed by atoms with Gasteiger partial charge in [-0.05, 0) is 63.6 Å². The first-order valence-corrected chi connectivity index (χ1v) is 9.29. The minimum absolute atomic E-state index is 1.13. The normalized spacial score (nSPS) is 11.3. The number of fused-ring (bicyclic) bond motifs is 3. The zero-order valence-electron chi connectivity index (χ0n) is 15.0. The van der Waals surface area contributed by atoms with Crippen LogP contribution in [0.15, 0.2) is 72.8 Å². The van der Waals surface area contributed by atoms with Crippen LogP contribution in [-0.4, -0.2) is 0 Å². The van der Waals surface area contributed by atoms with Gasteiger partial charge in [0.25, 0.3) is 0 Å². The molecule has 4 aromatic rings. The monoisotopic (exact) mass is 324 g/mol. The highest BCUT2D eigenvalue weighted by Gasteiger charge is 2.16. The Morgan fingerprint density at radius 1 is 0.680 bits per heavy atom. The van der Waals surface area contributed by atoms with Crippen LogP contribution >= 0.6 is 0 Å². The molecule has 0 spiro atoms. The summed E-state index contributed by atoms with van der Waals surface area (Å²) in [6.45, 7) is 4.53. The van der Waals surface area contributed by atoms with Crippen molar-refractivity contribution in [2.45, 2.75) is 33.1 Å². The third-order valence-electron chi connectivity index (χ3n) is 5.21. The molecule has 0 heteroatoms. The smallest absolute Gasteiger partial charge is 0.00668 e. The van der Waals surface area contributed by atoms with Gasteiger partial charge in [-0.2, -0.15) is 0 Å². The molecule has 0 heterocycles. The first kappa shape index (κ1) is 15.9. The molecule has 0 aromatic heterocycles. The maximum atomic E-state index is 2.29. The molecule has 0 aliphatic rings. The van der Waals surface area contributed by atoms with Crippen molar-refractivity contribution >= 4 is 21.5 Å². The zero-order valence-corrected chi connectivity index (χ0v) is 15.0. The fourth-order valence-electron chi connectivity index (χ4n) is 4.05. The molecule has 124 valence electrons. The van der Waals surface area contributed by atoms with Gasteiger partial charge in [0.15, 0.2) is 0 Å². The Hall–Kier alpha value is -2.60. The van der Waals surface area contributed by atoms with E-state index in [4.69, 9.17) is 0 Å². The Balaban J connectivity index is 2.21. The molecule has 4 rings (SSSR count). The van der Waals surface area contributed by atoms with Crippen LogP contribution in [0.4, 0.5) is 0 Å². The van der Waals surface area contributed by atoms with Crippen LogP contribution in [0.3, 0.4) is 0 Å². The fraction of sp³-hybridized carbons (Fsp3) is 0.200. The van der Waals surface area contributed by atoms with Crippen molar-refractivity contribution in [2.75, 3.05) is 0 Å². The Bertz CT molecular complexity index is 1030. The highest BCUT2D eigenvalue weighted by molar-refractivity contribution is 6.16. The predicted octanol–water partition coefficient (Wildman–Crippen LogP) is 7.31. The van der Waals surface area contributed by atoms with Gasteiger partial charge in [0.2, 0.25) is 0 Å². The minimum atomic E-state index is 1.13.